The van der Waals surface area contributed by atoms with Crippen LogP contribution in [0.2, 0.25) is 0 Å². The molecule has 0 spiro atoms. The highest BCUT2D eigenvalue weighted by molar-refractivity contribution is 7.89. The monoisotopic (exact) mass is 352 g/mol. The molecule has 134 valence electrons. The highest BCUT2D eigenvalue weighted by Crippen LogP contribution is 2.13. The number of carbonyl (C=O) groups is 1. The summed E-state index contributed by atoms with van der Waals surface area (Å²) in [7, 11) is -3.19. The van der Waals surface area contributed by atoms with Gasteiger partial charge in [-0.3, -0.25) is 4.79 Å². The molecule has 1 heterocycles. The molecule has 5 nitrogen and oxygen atoms in total. The Morgan fingerprint density at radius 3 is 2.58 bits per heavy atom. The van der Waals surface area contributed by atoms with Crippen LogP contribution in [0.25, 0.3) is 0 Å². The lowest BCUT2D eigenvalue weighted by atomic mass is 10.1. The number of carbonyl (C=O) groups excluding carboxylic acids is 1. The van der Waals surface area contributed by atoms with Gasteiger partial charge in [0.2, 0.25) is 15.9 Å². The van der Waals surface area contributed by atoms with Crippen LogP contribution in [-0.2, 0) is 21.2 Å². The molecule has 2 rings (SSSR count). The molecule has 0 saturated carbocycles. The van der Waals surface area contributed by atoms with Gasteiger partial charge in [0, 0.05) is 26.2 Å². The van der Waals surface area contributed by atoms with Crippen molar-refractivity contribution in [3.63, 3.8) is 0 Å². The smallest absolute Gasteiger partial charge is 0.227 e. The second-order valence-electron chi connectivity index (χ2n) is 6.41. The Morgan fingerprint density at radius 1 is 1.12 bits per heavy atom. The van der Waals surface area contributed by atoms with E-state index in [1.807, 2.05) is 43.0 Å². The van der Waals surface area contributed by atoms with E-state index in [0.717, 1.165) is 17.5 Å². The van der Waals surface area contributed by atoms with Gasteiger partial charge in [-0.05, 0) is 30.9 Å². The minimum atomic E-state index is -3.19. The maximum atomic E-state index is 12.6. The summed E-state index contributed by atoms with van der Waals surface area (Å²) in [5.74, 6) is 0.290. The number of hydrogen-bond donors (Lipinski definition) is 0. The zero-order chi connectivity index (χ0) is 17.6. The normalized spacial score (nSPS) is 16.8. The molecule has 1 aromatic carbocycles. The number of unbranched alkanes of at least 4 members (excludes halogenated alkanes) is 1. The Morgan fingerprint density at radius 2 is 1.88 bits per heavy atom. The van der Waals surface area contributed by atoms with Gasteiger partial charge >= 0.3 is 0 Å². The predicted molar refractivity (Wildman–Crippen MR) is 96.3 cm³/mol. The average molecular weight is 353 g/mol. The van der Waals surface area contributed by atoms with Crippen LogP contribution in [-0.4, -0.2) is 55.5 Å². The fraction of sp³-hybridized carbons (Fsp3) is 0.611. The molecule has 0 bridgehead atoms. The zero-order valence-corrected chi connectivity index (χ0v) is 15.5. The van der Waals surface area contributed by atoms with E-state index in [1.54, 1.807) is 4.31 Å². The maximum absolute atomic E-state index is 12.6. The molecule has 0 radical (unpaired) electrons. The molecule has 1 aromatic rings. The second kappa shape index (κ2) is 8.62. The first-order valence-corrected chi connectivity index (χ1v) is 10.3. The van der Waals surface area contributed by atoms with Crippen molar-refractivity contribution in [1.82, 2.24) is 9.21 Å². The summed E-state index contributed by atoms with van der Waals surface area (Å²) in [6.45, 7) is 6.03. The summed E-state index contributed by atoms with van der Waals surface area (Å²) >= 11 is 0. The topological polar surface area (TPSA) is 57.7 Å². The number of amides is 1. The van der Waals surface area contributed by atoms with Crippen LogP contribution in [0.5, 0.6) is 0 Å². The van der Waals surface area contributed by atoms with E-state index in [1.165, 1.54) is 0 Å². The second-order valence-corrected chi connectivity index (χ2v) is 8.49. The van der Waals surface area contributed by atoms with E-state index in [9.17, 15) is 13.2 Å². The lowest BCUT2D eigenvalue weighted by molar-refractivity contribution is -0.130. The van der Waals surface area contributed by atoms with Crippen LogP contribution in [0.4, 0.5) is 0 Å². The van der Waals surface area contributed by atoms with Crippen molar-refractivity contribution < 1.29 is 13.2 Å². The van der Waals surface area contributed by atoms with Gasteiger partial charge < -0.3 is 4.90 Å². The quantitative estimate of drug-likeness (QED) is 0.789. The number of nitrogens with zero attached hydrogens (tertiary/aromatic N) is 2. The summed E-state index contributed by atoms with van der Waals surface area (Å²) in [6.07, 6.45) is 2.64. The highest BCUT2D eigenvalue weighted by atomic mass is 32.2. The standard InChI is InChI=1S/C18H28N2O3S/c1-3-4-14-24(22,23)20-11-7-10-19(12-13-20)18(21)15-17-9-6-5-8-16(17)2/h5-6,8-9H,3-4,7,10-15H2,1-2H3. The fourth-order valence-electron chi connectivity index (χ4n) is 2.96. The van der Waals surface area contributed by atoms with Crippen molar-refractivity contribution in [3.8, 4) is 0 Å². The fourth-order valence-corrected chi connectivity index (χ4v) is 4.64. The molecular formula is C18H28N2O3S. The number of sulfonamides is 1. The Hall–Kier alpha value is -1.40. The molecule has 1 fully saturated rings. The molecule has 0 atom stereocenters. The first-order valence-electron chi connectivity index (χ1n) is 8.74. The van der Waals surface area contributed by atoms with Crippen molar-refractivity contribution in [2.75, 3.05) is 31.9 Å². The largest absolute Gasteiger partial charge is 0.341 e. The van der Waals surface area contributed by atoms with Gasteiger partial charge in [0.1, 0.15) is 0 Å². The van der Waals surface area contributed by atoms with Crippen molar-refractivity contribution in [2.45, 2.75) is 39.5 Å². The molecular weight excluding hydrogens is 324 g/mol. The summed E-state index contributed by atoms with van der Waals surface area (Å²) in [5, 5.41) is 0. The molecule has 1 saturated heterocycles. The lowest BCUT2D eigenvalue weighted by Gasteiger charge is -2.22. The van der Waals surface area contributed by atoms with Crippen LogP contribution >= 0.6 is 0 Å². The molecule has 1 aliphatic heterocycles. The predicted octanol–water partition coefficient (Wildman–Crippen LogP) is 2.20. The third-order valence-corrected chi connectivity index (χ3v) is 6.52. The van der Waals surface area contributed by atoms with Crippen LogP contribution in [0.3, 0.4) is 0 Å². The molecule has 1 amide bonds. The van der Waals surface area contributed by atoms with E-state index in [-0.39, 0.29) is 11.7 Å². The average Bonchev–Trinajstić information content (AvgIpc) is 2.82. The van der Waals surface area contributed by atoms with Gasteiger partial charge in [-0.2, -0.15) is 0 Å². The zero-order valence-electron chi connectivity index (χ0n) is 14.7. The number of aryl methyl sites for hydroxylation is 1. The van der Waals surface area contributed by atoms with Gasteiger partial charge in [0.05, 0.1) is 12.2 Å². The maximum Gasteiger partial charge on any atom is 0.227 e. The van der Waals surface area contributed by atoms with Gasteiger partial charge in [0.25, 0.3) is 0 Å². The van der Waals surface area contributed by atoms with Crippen LogP contribution in [0, 0.1) is 6.92 Å². The first kappa shape index (κ1) is 18.9. The molecule has 24 heavy (non-hydrogen) atoms. The molecule has 1 aliphatic rings. The SMILES string of the molecule is CCCCS(=O)(=O)N1CCCN(C(=O)Cc2ccccc2C)CC1. The van der Waals surface area contributed by atoms with Crippen molar-refractivity contribution >= 4 is 15.9 Å². The van der Waals surface area contributed by atoms with E-state index in [2.05, 4.69) is 0 Å². The number of benzene rings is 1. The number of rotatable bonds is 6. The molecule has 0 aliphatic carbocycles. The summed E-state index contributed by atoms with van der Waals surface area (Å²) < 4.78 is 26.2. The Bertz CT molecular complexity index is 658. The molecule has 0 aromatic heterocycles. The van der Waals surface area contributed by atoms with Gasteiger partial charge in [-0.1, -0.05) is 37.6 Å². The van der Waals surface area contributed by atoms with Crippen LogP contribution in [0.15, 0.2) is 24.3 Å². The molecule has 6 heteroatoms. The molecule has 0 N–H and O–H groups in total. The van der Waals surface area contributed by atoms with Gasteiger partial charge in [0.15, 0.2) is 0 Å². The number of hydrogen-bond acceptors (Lipinski definition) is 3. The van der Waals surface area contributed by atoms with E-state index >= 15 is 0 Å². The van der Waals surface area contributed by atoms with Gasteiger partial charge in [-0.25, -0.2) is 12.7 Å². The van der Waals surface area contributed by atoms with Crippen molar-refractivity contribution in [2.24, 2.45) is 0 Å². The lowest BCUT2D eigenvalue weighted by Crippen LogP contribution is -2.38. The van der Waals surface area contributed by atoms with Crippen LogP contribution in [0.1, 0.15) is 37.3 Å². The minimum Gasteiger partial charge on any atom is -0.341 e. The molecule has 0 unspecified atom stereocenters. The van der Waals surface area contributed by atoms with E-state index < -0.39 is 10.0 Å². The summed E-state index contributed by atoms with van der Waals surface area (Å²) in [5.41, 5.74) is 2.16. The minimum absolute atomic E-state index is 0.0807. The Balaban J connectivity index is 1.95. The summed E-state index contributed by atoms with van der Waals surface area (Å²) in [6, 6.07) is 7.90. The van der Waals surface area contributed by atoms with Crippen LogP contribution < -0.4 is 0 Å². The highest BCUT2D eigenvalue weighted by Gasteiger charge is 2.26. The van der Waals surface area contributed by atoms with E-state index in [4.69, 9.17) is 0 Å². The van der Waals surface area contributed by atoms with Crippen molar-refractivity contribution in [1.29, 1.82) is 0 Å². The third kappa shape index (κ3) is 5.05. The van der Waals surface area contributed by atoms with Gasteiger partial charge in [-0.15, -0.1) is 0 Å². The Kier molecular flexibility index (Phi) is 6.80. The van der Waals surface area contributed by atoms with Crippen molar-refractivity contribution in [3.05, 3.63) is 35.4 Å². The van der Waals surface area contributed by atoms with E-state index in [0.29, 0.717) is 45.4 Å². The first-order chi connectivity index (χ1) is 11.4. The summed E-state index contributed by atoms with van der Waals surface area (Å²) in [4.78, 5) is 14.4. The Labute approximate surface area is 145 Å². The third-order valence-electron chi connectivity index (χ3n) is 4.56.